The van der Waals surface area contributed by atoms with Gasteiger partial charge in [-0.1, -0.05) is 49.4 Å². The molecule has 186 valence electrons. The number of benzene rings is 4. The number of carbonyl (C=O) groups excluding carboxylic acids is 1. The third-order valence-corrected chi connectivity index (χ3v) is 6.35. The zero-order chi connectivity index (χ0) is 26.3. The fourth-order valence-corrected chi connectivity index (χ4v) is 4.46. The van der Waals surface area contributed by atoms with Gasteiger partial charge in [0.25, 0.3) is 5.91 Å². The molecule has 0 fully saturated rings. The highest BCUT2D eigenvalue weighted by Gasteiger charge is 2.16. The number of hydrogen-bond donors (Lipinski definition) is 1. The van der Waals surface area contributed by atoms with Gasteiger partial charge in [0.15, 0.2) is 0 Å². The van der Waals surface area contributed by atoms with Crippen molar-refractivity contribution < 1.29 is 4.79 Å². The van der Waals surface area contributed by atoms with E-state index in [9.17, 15) is 4.79 Å². The average molecular weight is 498 g/mol. The summed E-state index contributed by atoms with van der Waals surface area (Å²) in [4.78, 5) is 24.0. The van der Waals surface area contributed by atoms with E-state index in [2.05, 4.69) is 52.5 Å². The number of hydrogen-bond acceptors (Lipinski definition) is 5. The van der Waals surface area contributed by atoms with E-state index in [1.54, 1.807) is 30.6 Å². The third kappa shape index (κ3) is 5.53. The van der Waals surface area contributed by atoms with E-state index >= 15 is 0 Å². The summed E-state index contributed by atoms with van der Waals surface area (Å²) >= 11 is 0. The van der Waals surface area contributed by atoms with Crippen LogP contribution in [-0.2, 0) is 6.54 Å². The lowest BCUT2D eigenvalue weighted by molar-refractivity contribution is 0.0743. The van der Waals surface area contributed by atoms with Gasteiger partial charge in [-0.15, -0.1) is 0 Å². The number of amides is 1. The largest absolute Gasteiger partial charge is 0.340 e. The number of fused-ring (bicyclic) bond motifs is 1. The average Bonchev–Trinajstić information content (AvgIpc) is 2.97. The van der Waals surface area contributed by atoms with Crippen molar-refractivity contribution >= 4 is 28.3 Å². The standard InChI is InChI=1S/C32H27N5O/c1-2-17-37(32(38)25-13-11-23(20-33)12-14-25)21-24-7-6-8-26(18-24)27-15-16-30-29(19-27)31(35-22-34-30)36-28-9-4-3-5-10-28/h3-16,18-19,22H,2,17,21H2,1H3,(H,34,35,36). The highest BCUT2D eigenvalue weighted by molar-refractivity contribution is 5.95. The minimum absolute atomic E-state index is 0.0405. The third-order valence-electron chi connectivity index (χ3n) is 6.35. The molecule has 0 bridgehead atoms. The lowest BCUT2D eigenvalue weighted by atomic mass is 10.0. The molecule has 38 heavy (non-hydrogen) atoms. The van der Waals surface area contributed by atoms with E-state index in [0.29, 0.717) is 24.2 Å². The van der Waals surface area contributed by atoms with Gasteiger partial charge in [-0.05, 0) is 77.7 Å². The highest BCUT2D eigenvalue weighted by atomic mass is 16.2. The van der Waals surface area contributed by atoms with Crippen LogP contribution < -0.4 is 5.32 Å². The molecule has 5 rings (SSSR count). The molecular formula is C32H27N5O. The molecule has 1 N–H and O–H groups in total. The Morgan fingerprint density at radius 3 is 2.45 bits per heavy atom. The van der Waals surface area contributed by atoms with Crippen LogP contribution in [0.4, 0.5) is 11.5 Å². The lowest BCUT2D eigenvalue weighted by Crippen LogP contribution is -2.31. The Balaban J connectivity index is 1.42. The van der Waals surface area contributed by atoms with Gasteiger partial charge in [0.2, 0.25) is 0 Å². The maximum atomic E-state index is 13.2. The van der Waals surface area contributed by atoms with Gasteiger partial charge in [0.1, 0.15) is 12.1 Å². The van der Waals surface area contributed by atoms with E-state index in [1.807, 2.05) is 53.4 Å². The van der Waals surface area contributed by atoms with Crippen LogP contribution in [-0.4, -0.2) is 27.3 Å². The minimum Gasteiger partial charge on any atom is -0.340 e. The van der Waals surface area contributed by atoms with Crippen molar-refractivity contribution in [3.8, 4) is 17.2 Å². The number of para-hydroxylation sites is 1. The molecule has 0 radical (unpaired) electrons. The second-order valence-electron chi connectivity index (χ2n) is 9.06. The first-order valence-corrected chi connectivity index (χ1v) is 12.6. The monoisotopic (exact) mass is 497 g/mol. The number of carbonyl (C=O) groups is 1. The molecule has 0 saturated carbocycles. The van der Waals surface area contributed by atoms with Gasteiger partial charge in [-0.25, -0.2) is 9.97 Å². The van der Waals surface area contributed by atoms with Gasteiger partial charge in [-0.2, -0.15) is 5.26 Å². The molecule has 6 nitrogen and oxygen atoms in total. The van der Waals surface area contributed by atoms with Crippen molar-refractivity contribution in [2.75, 3.05) is 11.9 Å². The van der Waals surface area contributed by atoms with Crippen molar-refractivity contribution in [1.82, 2.24) is 14.9 Å². The van der Waals surface area contributed by atoms with E-state index in [1.165, 1.54) is 0 Å². The minimum atomic E-state index is -0.0405. The van der Waals surface area contributed by atoms with Crippen molar-refractivity contribution in [2.45, 2.75) is 19.9 Å². The lowest BCUT2D eigenvalue weighted by Gasteiger charge is -2.23. The maximum absolute atomic E-state index is 13.2. The summed E-state index contributed by atoms with van der Waals surface area (Å²) in [5, 5.41) is 13.4. The smallest absolute Gasteiger partial charge is 0.254 e. The highest BCUT2D eigenvalue weighted by Crippen LogP contribution is 2.29. The number of nitrogens with one attached hydrogen (secondary N) is 1. The first kappa shape index (κ1) is 24.7. The van der Waals surface area contributed by atoms with E-state index in [-0.39, 0.29) is 5.91 Å². The maximum Gasteiger partial charge on any atom is 0.254 e. The number of nitriles is 1. The quantitative estimate of drug-likeness (QED) is 0.250. The summed E-state index contributed by atoms with van der Waals surface area (Å²) in [6.07, 6.45) is 2.42. The zero-order valence-electron chi connectivity index (χ0n) is 21.1. The van der Waals surface area contributed by atoms with Crippen molar-refractivity contribution in [3.05, 3.63) is 120 Å². The number of anilines is 2. The van der Waals surface area contributed by atoms with Gasteiger partial charge < -0.3 is 10.2 Å². The summed E-state index contributed by atoms with van der Waals surface area (Å²) in [5.74, 6) is 0.711. The van der Waals surface area contributed by atoms with Crippen LogP contribution in [0, 0.1) is 11.3 Å². The SMILES string of the molecule is CCCN(Cc1cccc(-c2ccc3ncnc(Nc4ccccc4)c3c2)c1)C(=O)c1ccc(C#N)cc1. The molecule has 5 aromatic rings. The van der Waals surface area contributed by atoms with Crippen LogP contribution in [0.3, 0.4) is 0 Å². The summed E-state index contributed by atoms with van der Waals surface area (Å²) in [7, 11) is 0. The second-order valence-corrected chi connectivity index (χ2v) is 9.06. The van der Waals surface area contributed by atoms with Gasteiger partial charge in [0, 0.05) is 29.7 Å². The van der Waals surface area contributed by atoms with Crippen LogP contribution in [0.1, 0.15) is 34.8 Å². The van der Waals surface area contributed by atoms with Crippen LogP contribution >= 0.6 is 0 Å². The van der Waals surface area contributed by atoms with Crippen LogP contribution in [0.25, 0.3) is 22.0 Å². The normalized spacial score (nSPS) is 10.6. The molecule has 0 aliphatic rings. The molecule has 6 heteroatoms. The summed E-state index contributed by atoms with van der Waals surface area (Å²) in [6, 6.07) is 33.3. The molecule has 1 heterocycles. The molecule has 0 atom stereocenters. The fourth-order valence-electron chi connectivity index (χ4n) is 4.46. The topological polar surface area (TPSA) is 81.9 Å². The summed E-state index contributed by atoms with van der Waals surface area (Å²) < 4.78 is 0. The molecule has 0 aliphatic heterocycles. The van der Waals surface area contributed by atoms with Crippen LogP contribution in [0.5, 0.6) is 0 Å². The van der Waals surface area contributed by atoms with E-state index < -0.39 is 0 Å². The number of nitrogens with zero attached hydrogens (tertiary/aromatic N) is 4. The zero-order valence-corrected chi connectivity index (χ0v) is 21.1. The van der Waals surface area contributed by atoms with Crippen molar-refractivity contribution in [1.29, 1.82) is 5.26 Å². The van der Waals surface area contributed by atoms with Crippen molar-refractivity contribution in [3.63, 3.8) is 0 Å². The van der Waals surface area contributed by atoms with Gasteiger partial charge in [0.05, 0.1) is 17.1 Å². The fraction of sp³-hybridized carbons (Fsp3) is 0.125. The molecule has 4 aromatic carbocycles. The predicted octanol–water partition coefficient (Wildman–Crippen LogP) is 6.96. The Morgan fingerprint density at radius 1 is 0.895 bits per heavy atom. The molecule has 0 unspecified atom stereocenters. The molecule has 0 saturated heterocycles. The molecule has 1 aromatic heterocycles. The van der Waals surface area contributed by atoms with E-state index in [0.717, 1.165) is 45.5 Å². The Kier molecular flexibility index (Phi) is 7.37. The number of rotatable bonds is 8. The molecule has 1 amide bonds. The summed E-state index contributed by atoms with van der Waals surface area (Å²) in [5.41, 5.74) is 6.10. The van der Waals surface area contributed by atoms with Crippen molar-refractivity contribution in [2.24, 2.45) is 0 Å². The van der Waals surface area contributed by atoms with Crippen LogP contribution in [0.15, 0.2) is 103 Å². The Labute approximate surface area is 222 Å². The molecular weight excluding hydrogens is 470 g/mol. The molecule has 0 aliphatic carbocycles. The first-order chi connectivity index (χ1) is 18.6. The molecule has 0 spiro atoms. The number of aromatic nitrogens is 2. The Morgan fingerprint density at radius 2 is 1.68 bits per heavy atom. The van der Waals surface area contributed by atoms with Gasteiger partial charge >= 0.3 is 0 Å². The van der Waals surface area contributed by atoms with Crippen LogP contribution in [0.2, 0.25) is 0 Å². The predicted molar refractivity (Wildman–Crippen MR) is 151 cm³/mol. The first-order valence-electron chi connectivity index (χ1n) is 12.6. The Bertz CT molecular complexity index is 1610. The second kappa shape index (κ2) is 11.4. The van der Waals surface area contributed by atoms with Gasteiger partial charge in [-0.3, -0.25) is 4.79 Å². The Hall–Kier alpha value is -5.02. The summed E-state index contributed by atoms with van der Waals surface area (Å²) in [6.45, 7) is 3.20. The van der Waals surface area contributed by atoms with E-state index in [4.69, 9.17) is 5.26 Å².